The predicted molar refractivity (Wildman–Crippen MR) is 95.8 cm³/mol. The molecule has 1 N–H and O–H groups in total. The van der Waals surface area contributed by atoms with Crippen LogP contribution in [0.15, 0.2) is 24.5 Å². The zero-order valence-corrected chi connectivity index (χ0v) is 15.4. The van der Waals surface area contributed by atoms with Crippen LogP contribution in [0.2, 0.25) is 0 Å². The molecule has 2 aromatic heterocycles. The Hall–Kier alpha value is -2.64. The van der Waals surface area contributed by atoms with Gasteiger partial charge in [-0.25, -0.2) is 0 Å². The summed E-state index contributed by atoms with van der Waals surface area (Å²) in [6.07, 6.45) is 4.83. The molecule has 8 heteroatoms. The molecule has 3 rings (SSSR count). The summed E-state index contributed by atoms with van der Waals surface area (Å²) in [5.74, 6) is 0.189. The summed E-state index contributed by atoms with van der Waals surface area (Å²) >= 11 is 0. The lowest BCUT2D eigenvalue weighted by Crippen LogP contribution is -2.40. The number of nitrogens with zero attached hydrogens (tertiary/aromatic N) is 5. The van der Waals surface area contributed by atoms with Gasteiger partial charge in [0.15, 0.2) is 0 Å². The standard InChI is InChI=1S/C18H26N6O2/c1-14(2)18(26)22-9-10-24-16(13-22)11-15(21-24)12-19-17(25)5-3-7-23-8-4-6-20-23/h4,6,8,11,14H,3,5,7,9-10,12-13H2,1-2H3,(H,19,25). The van der Waals surface area contributed by atoms with E-state index in [-0.39, 0.29) is 17.7 Å². The van der Waals surface area contributed by atoms with E-state index in [0.29, 0.717) is 32.6 Å². The van der Waals surface area contributed by atoms with E-state index in [0.717, 1.165) is 24.4 Å². The van der Waals surface area contributed by atoms with Gasteiger partial charge in [0.25, 0.3) is 0 Å². The van der Waals surface area contributed by atoms with Crippen molar-refractivity contribution < 1.29 is 9.59 Å². The summed E-state index contributed by atoms with van der Waals surface area (Å²) in [7, 11) is 0. The number of amides is 2. The number of rotatable bonds is 7. The number of nitrogens with one attached hydrogen (secondary N) is 1. The van der Waals surface area contributed by atoms with Crippen molar-refractivity contribution in [2.24, 2.45) is 5.92 Å². The Labute approximate surface area is 153 Å². The third kappa shape index (κ3) is 4.50. The second-order valence-corrected chi connectivity index (χ2v) is 6.91. The van der Waals surface area contributed by atoms with E-state index in [1.54, 1.807) is 6.20 Å². The fourth-order valence-electron chi connectivity index (χ4n) is 3.08. The number of carbonyl (C=O) groups is 2. The first-order valence-electron chi connectivity index (χ1n) is 9.11. The van der Waals surface area contributed by atoms with Crippen LogP contribution in [0, 0.1) is 5.92 Å². The van der Waals surface area contributed by atoms with Gasteiger partial charge in [0.1, 0.15) is 0 Å². The number of aromatic nitrogens is 4. The van der Waals surface area contributed by atoms with Gasteiger partial charge >= 0.3 is 0 Å². The van der Waals surface area contributed by atoms with Gasteiger partial charge in [-0.3, -0.25) is 19.0 Å². The average Bonchev–Trinajstić information content (AvgIpc) is 3.27. The Morgan fingerprint density at radius 1 is 1.31 bits per heavy atom. The molecule has 0 saturated heterocycles. The van der Waals surface area contributed by atoms with E-state index in [9.17, 15) is 9.59 Å². The van der Waals surface area contributed by atoms with Crippen LogP contribution in [0.3, 0.4) is 0 Å². The fraction of sp³-hybridized carbons (Fsp3) is 0.556. The lowest BCUT2D eigenvalue weighted by molar-refractivity contribution is -0.136. The number of hydrogen-bond acceptors (Lipinski definition) is 4. The Morgan fingerprint density at radius 2 is 2.15 bits per heavy atom. The highest BCUT2D eigenvalue weighted by Gasteiger charge is 2.23. The predicted octanol–water partition coefficient (Wildman–Crippen LogP) is 1.17. The molecule has 0 aliphatic carbocycles. The van der Waals surface area contributed by atoms with Crippen LogP contribution in [0.1, 0.15) is 38.1 Å². The summed E-state index contributed by atoms with van der Waals surface area (Å²) < 4.78 is 3.75. The first-order valence-corrected chi connectivity index (χ1v) is 9.11. The molecule has 1 aliphatic rings. The smallest absolute Gasteiger partial charge is 0.225 e. The summed E-state index contributed by atoms with van der Waals surface area (Å²) in [5, 5.41) is 11.6. The zero-order valence-electron chi connectivity index (χ0n) is 15.4. The van der Waals surface area contributed by atoms with Crippen molar-refractivity contribution in [3.8, 4) is 0 Å². The highest BCUT2D eigenvalue weighted by atomic mass is 16.2. The van der Waals surface area contributed by atoms with Crippen molar-refractivity contribution in [1.29, 1.82) is 0 Å². The Kier molecular flexibility index (Phi) is 5.70. The molecule has 3 heterocycles. The molecule has 0 spiro atoms. The average molecular weight is 358 g/mol. The minimum Gasteiger partial charge on any atom is -0.350 e. The van der Waals surface area contributed by atoms with Crippen molar-refractivity contribution in [2.75, 3.05) is 6.54 Å². The molecule has 0 bridgehead atoms. The third-order valence-electron chi connectivity index (χ3n) is 4.47. The molecule has 2 aromatic rings. The quantitative estimate of drug-likeness (QED) is 0.805. The molecular weight excluding hydrogens is 332 g/mol. The highest BCUT2D eigenvalue weighted by molar-refractivity contribution is 5.78. The molecule has 0 saturated carbocycles. The summed E-state index contributed by atoms with van der Waals surface area (Å²) in [5.41, 5.74) is 1.85. The van der Waals surface area contributed by atoms with Gasteiger partial charge in [0.05, 0.1) is 31.0 Å². The molecule has 0 unspecified atom stereocenters. The van der Waals surface area contributed by atoms with Crippen LogP contribution in [0.4, 0.5) is 0 Å². The van der Waals surface area contributed by atoms with Crippen LogP contribution in [-0.2, 0) is 35.8 Å². The van der Waals surface area contributed by atoms with Crippen molar-refractivity contribution >= 4 is 11.8 Å². The molecule has 2 amide bonds. The number of fused-ring (bicyclic) bond motifs is 1. The normalized spacial score (nSPS) is 13.7. The molecule has 0 aromatic carbocycles. The van der Waals surface area contributed by atoms with Gasteiger partial charge in [-0.05, 0) is 18.6 Å². The van der Waals surface area contributed by atoms with Crippen molar-refractivity contribution in [1.82, 2.24) is 29.8 Å². The van der Waals surface area contributed by atoms with E-state index in [1.165, 1.54) is 0 Å². The Morgan fingerprint density at radius 3 is 2.88 bits per heavy atom. The van der Waals surface area contributed by atoms with Crippen LogP contribution in [0.5, 0.6) is 0 Å². The third-order valence-corrected chi connectivity index (χ3v) is 4.47. The molecule has 8 nitrogen and oxygen atoms in total. The maximum absolute atomic E-state index is 12.1. The van der Waals surface area contributed by atoms with Crippen LogP contribution < -0.4 is 5.32 Å². The van der Waals surface area contributed by atoms with Gasteiger partial charge in [-0.2, -0.15) is 10.2 Å². The van der Waals surface area contributed by atoms with E-state index < -0.39 is 0 Å². The summed E-state index contributed by atoms with van der Waals surface area (Å²) in [6.45, 7) is 6.96. The lowest BCUT2D eigenvalue weighted by atomic mass is 10.1. The van der Waals surface area contributed by atoms with Crippen molar-refractivity contribution in [2.45, 2.75) is 52.9 Å². The summed E-state index contributed by atoms with van der Waals surface area (Å²) in [4.78, 5) is 26.0. The monoisotopic (exact) mass is 358 g/mol. The molecule has 1 aliphatic heterocycles. The van der Waals surface area contributed by atoms with Crippen molar-refractivity contribution in [3.63, 3.8) is 0 Å². The maximum atomic E-state index is 12.1. The fourth-order valence-corrected chi connectivity index (χ4v) is 3.08. The molecule has 26 heavy (non-hydrogen) atoms. The van der Waals surface area contributed by atoms with Gasteiger partial charge < -0.3 is 10.2 Å². The number of carbonyl (C=O) groups excluding carboxylic acids is 2. The second-order valence-electron chi connectivity index (χ2n) is 6.91. The van der Waals surface area contributed by atoms with E-state index >= 15 is 0 Å². The minimum atomic E-state index is 0.00460. The Bertz CT molecular complexity index is 750. The van der Waals surface area contributed by atoms with Gasteiger partial charge in [-0.15, -0.1) is 0 Å². The number of aryl methyl sites for hydroxylation is 1. The van der Waals surface area contributed by atoms with E-state index in [2.05, 4.69) is 15.5 Å². The van der Waals surface area contributed by atoms with Crippen molar-refractivity contribution in [3.05, 3.63) is 35.9 Å². The van der Waals surface area contributed by atoms with Gasteiger partial charge in [0, 0.05) is 37.8 Å². The SMILES string of the molecule is CC(C)C(=O)N1CCn2nc(CNC(=O)CCCn3cccn3)cc2C1. The first-order chi connectivity index (χ1) is 12.5. The first kappa shape index (κ1) is 18.2. The summed E-state index contributed by atoms with van der Waals surface area (Å²) in [6, 6.07) is 3.85. The van der Waals surface area contributed by atoms with Gasteiger partial charge in [0.2, 0.25) is 11.8 Å². The lowest BCUT2D eigenvalue weighted by Gasteiger charge is -2.29. The second kappa shape index (κ2) is 8.16. The van der Waals surface area contributed by atoms with Crippen LogP contribution >= 0.6 is 0 Å². The van der Waals surface area contributed by atoms with Crippen LogP contribution in [0.25, 0.3) is 0 Å². The Balaban J connectivity index is 1.45. The topological polar surface area (TPSA) is 85.0 Å². The van der Waals surface area contributed by atoms with E-state index in [4.69, 9.17) is 0 Å². The van der Waals surface area contributed by atoms with Gasteiger partial charge in [-0.1, -0.05) is 13.8 Å². The molecule has 0 atom stereocenters. The van der Waals surface area contributed by atoms with Crippen LogP contribution in [-0.4, -0.2) is 42.8 Å². The molecular formula is C18H26N6O2. The largest absolute Gasteiger partial charge is 0.350 e. The molecule has 0 radical (unpaired) electrons. The highest BCUT2D eigenvalue weighted by Crippen LogP contribution is 2.16. The minimum absolute atomic E-state index is 0.00460. The molecule has 0 fully saturated rings. The zero-order chi connectivity index (χ0) is 18.5. The maximum Gasteiger partial charge on any atom is 0.225 e. The number of hydrogen-bond donors (Lipinski definition) is 1. The van der Waals surface area contributed by atoms with E-state index in [1.807, 2.05) is 46.4 Å². The molecule has 140 valence electrons.